The molecule has 0 bridgehead atoms. The van der Waals surface area contributed by atoms with E-state index in [2.05, 4.69) is 20.6 Å². The van der Waals surface area contributed by atoms with Crippen LogP contribution in [0.3, 0.4) is 0 Å². The molecule has 0 saturated carbocycles. The number of anilines is 3. The van der Waals surface area contributed by atoms with Crippen LogP contribution in [-0.2, 0) is 6.42 Å². The zero-order valence-corrected chi connectivity index (χ0v) is 12.0. The lowest BCUT2D eigenvalue weighted by molar-refractivity contribution is 0.628. The molecule has 1 aromatic carbocycles. The average molecular weight is 274 g/mol. The Bertz CT molecular complexity index is 598. The molecular weight excluding hydrogens is 255 g/mol. The van der Waals surface area contributed by atoms with E-state index in [0.29, 0.717) is 11.5 Å². The van der Waals surface area contributed by atoms with Gasteiger partial charge < -0.3 is 10.6 Å². The summed E-state index contributed by atoms with van der Waals surface area (Å²) in [5.41, 5.74) is 1.68. The van der Waals surface area contributed by atoms with E-state index in [-0.39, 0.29) is 5.82 Å². The smallest absolute Gasteiger partial charge is 0.136 e. The van der Waals surface area contributed by atoms with Crippen LogP contribution in [0.2, 0.25) is 0 Å². The fourth-order valence-corrected chi connectivity index (χ4v) is 1.86. The Morgan fingerprint density at radius 1 is 1.10 bits per heavy atom. The molecule has 20 heavy (non-hydrogen) atoms. The summed E-state index contributed by atoms with van der Waals surface area (Å²) in [5, 5.41) is 6.32. The topological polar surface area (TPSA) is 49.8 Å². The third-order valence-electron chi connectivity index (χ3n) is 2.91. The zero-order valence-electron chi connectivity index (χ0n) is 12.0. The van der Waals surface area contributed by atoms with Gasteiger partial charge in [-0.2, -0.15) is 0 Å². The Balaban J connectivity index is 2.32. The van der Waals surface area contributed by atoms with E-state index >= 15 is 0 Å². The molecule has 1 heterocycles. The molecule has 0 amide bonds. The Hall–Kier alpha value is -2.17. The van der Waals surface area contributed by atoms with E-state index in [9.17, 15) is 4.39 Å². The second kappa shape index (κ2) is 6.32. The van der Waals surface area contributed by atoms with Gasteiger partial charge in [0.2, 0.25) is 0 Å². The molecule has 0 atom stereocenters. The highest BCUT2D eigenvalue weighted by atomic mass is 19.1. The molecule has 2 N–H and O–H groups in total. The largest absolute Gasteiger partial charge is 0.370 e. The number of aromatic nitrogens is 2. The molecule has 0 saturated heterocycles. The molecule has 0 aliphatic rings. The van der Waals surface area contributed by atoms with E-state index < -0.39 is 0 Å². The van der Waals surface area contributed by atoms with Crippen LogP contribution < -0.4 is 10.6 Å². The molecule has 5 heteroatoms. The first-order valence-corrected chi connectivity index (χ1v) is 6.77. The van der Waals surface area contributed by atoms with Crippen molar-refractivity contribution in [3.63, 3.8) is 0 Å². The lowest BCUT2D eigenvalue weighted by Crippen LogP contribution is -2.06. The van der Waals surface area contributed by atoms with Gasteiger partial charge in [-0.25, -0.2) is 14.4 Å². The number of nitrogens with one attached hydrogen (secondary N) is 2. The van der Waals surface area contributed by atoms with Crippen molar-refractivity contribution < 1.29 is 4.39 Å². The summed E-state index contributed by atoms with van der Waals surface area (Å²) >= 11 is 0. The minimum absolute atomic E-state index is 0.269. The SMILES string of the molecule is CCNc1cc(Nc2cc(F)ccc2C)nc(CC)n1. The third kappa shape index (κ3) is 3.44. The van der Waals surface area contributed by atoms with Gasteiger partial charge >= 0.3 is 0 Å². The highest BCUT2D eigenvalue weighted by Crippen LogP contribution is 2.22. The van der Waals surface area contributed by atoms with Gasteiger partial charge in [-0.3, -0.25) is 0 Å². The van der Waals surface area contributed by atoms with Gasteiger partial charge in [-0.1, -0.05) is 13.0 Å². The van der Waals surface area contributed by atoms with Crippen LogP contribution in [0, 0.1) is 12.7 Å². The second-order valence-corrected chi connectivity index (χ2v) is 4.52. The van der Waals surface area contributed by atoms with E-state index in [1.54, 1.807) is 6.07 Å². The molecule has 0 unspecified atom stereocenters. The maximum Gasteiger partial charge on any atom is 0.136 e. The van der Waals surface area contributed by atoms with Crippen LogP contribution in [0.4, 0.5) is 21.7 Å². The van der Waals surface area contributed by atoms with Crippen molar-refractivity contribution in [3.8, 4) is 0 Å². The normalized spacial score (nSPS) is 10.4. The number of hydrogen-bond donors (Lipinski definition) is 2. The van der Waals surface area contributed by atoms with Gasteiger partial charge in [0.15, 0.2) is 0 Å². The highest BCUT2D eigenvalue weighted by Gasteiger charge is 2.06. The summed E-state index contributed by atoms with van der Waals surface area (Å²) in [6.07, 6.45) is 0.746. The van der Waals surface area contributed by atoms with Gasteiger partial charge in [-0.15, -0.1) is 0 Å². The van der Waals surface area contributed by atoms with Gasteiger partial charge in [0, 0.05) is 24.7 Å². The van der Waals surface area contributed by atoms with Crippen molar-refractivity contribution in [2.24, 2.45) is 0 Å². The fourth-order valence-electron chi connectivity index (χ4n) is 1.86. The standard InChI is InChI=1S/C15H19FN4/c1-4-13-19-14(17-5-2)9-15(20-13)18-12-8-11(16)7-6-10(12)3/h6-9H,4-5H2,1-3H3,(H2,17,18,19,20). The molecule has 4 nitrogen and oxygen atoms in total. The third-order valence-corrected chi connectivity index (χ3v) is 2.91. The van der Waals surface area contributed by atoms with Crippen LogP contribution in [0.15, 0.2) is 24.3 Å². The Morgan fingerprint density at radius 3 is 2.55 bits per heavy atom. The van der Waals surface area contributed by atoms with Crippen LogP contribution in [0.1, 0.15) is 25.2 Å². The molecule has 0 aliphatic heterocycles. The quantitative estimate of drug-likeness (QED) is 0.873. The minimum Gasteiger partial charge on any atom is -0.370 e. The summed E-state index contributed by atoms with van der Waals surface area (Å²) in [7, 11) is 0. The molecule has 0 fully saturated rings. The Labute approximate surface area is 118 Å². The molecule has 1 aromatic heterocycles. The molecule has 2 aromatic rings. The van der Waals surface area contributed by atoms with Crippen molar-refractivity contribution in [3.05, 3.63) is 41.5 Å². The van der Waals surface area contributed by atoms with Crippen LogP contribution in [0.5, 0.6) is 0 Å². The first-order valence-electron chi connectivity index (χ1n) is 6.77. The zero-order chi connectivity index (χ0) is 14.5. The van der Waals surface area contributed by atoms with Gasteiger partial charge in [0.05, 0.1) is 0 Å². The van der Waals surface area contributed by atoms with E-state index in [1.165, 1.54) is 12.1 Å². The molecule has 0 spiro atoms. The highest BCUT2D eigenvalue weighted by molar-refractivity contribution is 5.62. The van der Waals surface area contributed by atoms with Crippen LogP contribution in [-0.4, -0.2) is 16.5 Å². The van der Waals surface area contributed by atoms with E-state index in [1.807, 2.05) is 26.8 Å². The predicted octanol–water partition coefficient (Wildman–Crippen LogP) is 3.66. The molecule has 106 valence electrons. The number of halogens is 1. The van der Waals surface area contributed by atoms with Crippen molar-refractivity contribution in [1.82, 2.24) is 9.97 Å². The summed E-state index contributed by atoms with van der Waals surface area (Å²) in [6.45, 7) is 6.73. The number of hydrogen-bond acceptors (Lipinski definition) is 4. The van der Waals surface area contributed by atoms with Crippen molar-refractivity contribution >= 4 is 17.3 Å². The maximum atomic E-state index is 13.3. The lowest BCUT2D eigenvalue weighted by atomic mass is 10.2. The van der Waals surface area contributed by atoms with E-state index in [0.717, 1.165) is 30.2 Å². The first kappa shape index (κ1) is 14.2. The average Bonchev–Trinajstić information content (AvgIpc) is 2.43. The van der Waals surface area contributed by atoms with Crippen molar-refractivity contribution in [2.45, 2.75) is 27.2 Å². The molecule has 0 radical (unpaired) electrons. The number of nitrogens with zero attached hydrogens (tertiary/aromatic N) is 2. The minimum atomic E-state index is -0.269. The monoisotopic (exact) mass is 274 g/mol. The van der Waals surface area contributed by atoms with Gasteiger partial charge in [0.1, 0.15) is 23.3 Å². The Morgan fingerprint density at radius 2 is 1.85 bits per heavy atom. The van der Waals surface area contributed by atoms with Crippen LogP contribution in [0.25, 0.3) is 0 Å². The molecular formula is C15H19FN4. The number of rotatable bonds is 5. The van der Waals surface area contributed by atoms with E-state index in [4.69, 9.17) is 0 Å². The maximum absolute atomic E-state index is 13.3. The fraction of sp³-hybridized carbons (Fsp3) is 0.333. The van der Waals surface area contributed by atoms with Gasteiger partial charge in [-0.05, 0) is 31.5 Å². The number of aryl methyl sites for hydroxylation is 2. The van der Waals surface area contributed by atoms with Gasteiger partial charge in [0.25, 0.3) is 0 Å². The van der Waals surface area contributed by atoms with Crippen molar-refractivity contribution in [2.75, 3.05) is 17.2 Å². The molecule has 0 aliphatic carbocycles. The van der Waals surface area contributed by atoms with Crippen LogP contribution >= 0.6 is 0 Å². The summed E-state index contributed by atoms with van der Waals surface area (Å²) in [4.78, 5) is 8.80. The first-order chi connectivity index (χ1) is 9.62. The Kier molecular flexibility index (Phi) is 4.50. The van der Waals surface area contributed by atoms with Crippen molar-refractivity contribution in [1.29, 1.82) is 0 Å². The second-order valence-electron chi connectivity index (χ2n) is 4.52. The molecule has 2 rings (SSSR count). The lowest BCUT2D eigenvalue weighted by Gasteiger charge is -2.12. The summed E-state index contributed by atoms with van der Waals surface area (Å²) in [6, 6.07) is 6.48. The summed E-state index contributed by atoms with van der Waals surface area (Å²) < 4.78 is 13.3. The summed E-state index contributed by atoms with van der Waals surface area (Å²) in [5.74, 6) is 1.92. The number of benzene rings is 1. The predicted molar refractivity (Wildman–Crippen MR) is 80.0 cm³/mol.